The van der Waals surface area contributed by atoms with E-state index in [0.717, 1.165) is 0 Å². The van der Waals surface area contributed by atoms with Crippen LogP contribution in [0.15, 0.2) is 0 Å². The molecule has 2 rings (SSSR count). The van der Waals surface area contributed by atoms with Gasteiger partial charge in [-0.05, 0) is 0 Å². The molecule has 7 nitrogen and oxygen atoms in total. The maximum Gasteiger partial charge on any atom is 0.164 e. The molecular weight excluding hydrogens is 230 g/mol. The van der Waals surface area contributed by atoms with Crippen LogP contribution in [-0.4, -0.2) is 77.4 Å². The molecule has 0 aromatic rings. The molecule has 5 N–H and O–H groups in total. The van der Waals surface area contributed by atoms with Crippen molar-refractivity contribution in [1.82, 2.24) is 5.32 Å². The van der Waals surface area contributed by atoms with Crippen molar-refractivity contribution in [3.8, 4) is 0 Å². The summed E-state index contributed by atoms with van der Waals surface area (Å²) in [4.78, 5) is 0. The summed E-state index contributed by atoms with van der Waals surface area (Å²) in [7, 11) is 1.42. The van der Waals surface area contributed by atoms with Crippen LogP contribution < -0.4 is 5.32 Å². The Balaban J connectivity index is 2.20. The molecule has 7 atom stereocenters. The molecular formula is C10H19NO6. The van der Waals surface area contributed by atoms with E-state index in [2.05, 4.69) is 5.32 Å². The Morgan fingerprint density at radius 2 is 2.00 bits per heavy atom. The molecule has 2 saturated heterocycles. The number of ether oxygens (including phenoxy) is 2. The summed E-state index contributed by atoms with van der Waals surface area (Å²) in [5.74, 6) is -0.568. The van der Waals surface area contributed by atoms with Crippen LogP contribution in [0.2, 0.25) is 0 Å². The van der Waals surface area contributed by atoms with Gasteiger partial charge in [-0.1, -0.05) is 0 Å². The van der Waals surface area contributed by atoms with Gasteiger partial charge in [-0.2, -0.15) is 0 Å². The molecule has 2 fully saturated rings. The average molecular weight is 249 g/mol. The number of fused-ring (bicyclic) bond motifs is 1. The molecule has 2 aliphatic rings. The van der Waals surface area contributed by atoms with Gasteiger partial charge in [-0.15, -0.1) is 0 Å². The Labute approximate surface area is 99.0 Å². The molecule has 0 saturated carbocycles. The second-order valence-corrected chi connectivity index (χ2v) is 4.52. The van der Waals surface area contributed by atoms with E-state index in [4.69, 9.17) is 14.6 Å². The normalized spacial score (nSPS) is 51.0. The van der Waals surface area contributed by atoms with Crippen LogP contribution in [0.4, 0.5) is 0 Å². The molecule has 100 valence electrons. The van der Waals surface area contributed by atoms with Gasteiger partial charge < -0.3 is 35.2 Å². The van der Waals surface area contributed by atoms with Crippen LogP contribution in [0.5, 0.6) is 0 Å². The third kappa shape index (κ3) is 2.19. The van der Waals surface area contributed by atoms with Crippen LogP contribution >= 0.6 is 0 Å². The Kier molecular flexibility index (Phi) is 3.99. The first-order valence-corrected chi connectivity index (χ1v) is 5.66. The SMILES string of the molecule is CO[C@H]1O[C@H](CO)[C@@H](O)[C@@H]2NC[C@H](O)[C@H](O)[C@H]12. The lowest BCUT2D eigenvalue weighted by Gasteiger charge is -2.49. The van der Waals surface area contributed by atoms with Crippen molar-refractivity contribution < 1.29 is 29.9 Å². The van der Waals surface area contributed by atoms with Gasteiger partial charge in [0.05, 0.1) is 30.8 Å². The van der Waals surface area contributed by atoms with Crippen molar-refractivity contribution in [1.29, 1.82) is 0 Å². The van der Waals surface area contributed by atoms with Crippen molar-refractivity contribution in [2.45, 2.75) is 36.7 Å². The molecule has 7 heteroatoms. The molecule has 0 bridgehead atoms. The number of β-amino-alcohol motifs (C(OH)–C–C–N with tert-alkyl or cyclic N) is 1. The standard InChI is InChI=1S/C10H19NO6/c1-16-10-6-7(9(15)5(3-12)17-10)11-2-4(13)8(6)14/h4-15H,2-3H2,1H3/t4-,5+,6+,7+,8-,9+,10-/m0/s1. The van der Waals surface area contributed by atoms with E-state index >= 15 is 0 Å². The Morgan fingerprint density at radius 1 is 1.29 bits per heavy atom. The lowest BCUT2D eigenvalue weighted by Crippen LogP contribution is -2.69. The fourth-order valence-electron chi connectivity index (χ4n) is 2.60. The smallest absolute Gasteiger partial charge is 0.164 e. The highest BCUT2D eigenvalue weighted by atomic mass is 16.7. The Morgan fingerprint density at radius 3 is 2.59 bits per heavy atom. The minimum Gasteiger partial charge on any atom is -0.394 e. The zero-order chi connectivity index (χ0) is 12.6. The first-order chi connectivity index (χ1) is 8.10. The number of hydrogen-bond donors (Lipinski definition) is 5. The topological polar surface area (TPSA) is 111 Å². The van der Waals surface area contributed by atoms with E-state index in [9.17, 15) is 15.3 Å². The summed E-state index contributed by atoms with van der Waals surface area (Å²) < 4.78 is 10.5. The number of methoxy groups -OCH3 is 1. The maximum atomic E-state index is 9.99. The van der Waals surface area contributed by atoms with E-state index < -0.39 is 42.7 Å². The van der Waals surface area contributed by atoms with Crippen LogP contribution in [-0.2, 0) is 9.47 Å². The number of piperidine rings is 1. The van der Waals surface area contributed by atoms with Crippen LogP contribution in [0.25, 0.3) is 0 Å². The van der Waals surface area contributed by atoms with Crippen molar-refractivity contribution >= 4 is 0 Å². The fourth-order valence-corrected chi connectivity index (χ4v) is 2.60. The summed E-state index contributed by atoms with van der Waals surface area (Å²) in [5.41, 5.74) is 0. The minimum atomic E-state index is -1.03. The zero-order valence-electron chi connectivity index (χ0n) is 9.56. The predicted molar refractivity (Wildman–Crippen MR) is 56.1 cm³/mol. The van der Waals surface area contributed by atoms with Crippen LogP contribution in [0.3, 0.4) is 0 Å². The fraction of sp³-hybridized carbons (Fsp3) is 1.00. The second kappa shape index (κ2) is 5.15. The molecule has 2 aliphatic heterocycles. The Bertz CT molecular complexity index is 265. The summed E-state index contributed by atoms with van der Waals surface area (Å²) in [6, 6.07) is -0.468. The van der Waals surface area contributed by atoms with Crippen molar-refractivity contribution in [2.75, 3.05) is 20.3 Å². The van der Waals surface area contributed by atoms with E-state index in [-0.39, 0.29) is 13.2 Å². The van der Waals surface area contributed by atoms with Crippen LogP contribution in [0.1, 0.15) is 0 Å². The van der Waals surface area contributed by atoms with E-state index in [0.29, 0.717) is 0 Å². The number of hydrogen-bond acceptors (Lipinski definition) is 7. The first-order valence-electron chi connectivity index (χ1n) is 5.66. The van der Waals surface area contributed by atoms with Gasteiger partial charge in [0.25, 0.3) is 0 Å². The predicted octanol–water partition coefficient (Wildman–Crippen LogP) is -2.98. The van der Waals surface area contributed by atoms with Gasteiger partial charge in [-0.25, -0.2) is 0 Å². The van der Waals surface area contributed by atoms with Crippen molar-refractivity contribution in [2.24, 2.45) is 5.92 Å². The number of aliphatic hydroxyl groups excluding tert-OH is 4. The van der Waals surface area contributed by atoms with Gasteiger partial charge in [0.1, 0.15) is 6.10 Å². The first kappa shape index (κ1) is 13.2. The maximum absolute atomic E-state index is 9.99. The minimum absolute atomic E-state index is 0.188. The highest BCUT2D eigenvalue weighted by Crippen LogP contribution is 2.32. The molecule has 0 amide bonds. The van der Waals surface area contributed by atoms with Crippen molar-refractivity contribution in [3.05, 3.63) is 0 Å². The van der Waals surface area contributed by atoms with Gasteiger partial charge in [0.2, 0.25) is 0 Å². The van der Waals surface area contributed by atoms with E-state index in [1.165, 1.54) is 7.11 Å². The average Bonchev–Trinajstić information content (AvgIpc) is 2.34. The summed E-state index contributed by atoms with van der Waals surface area (Å²) in [6.45, 7) is -0.140. The Hall–Kier alpha value is -0.280. The lowest BCUT2D eigenvalue weighted by atomic mass is 9.79. The highest BCUT2D eigenvalue weighted by molar-refractivity contribution is 5.01. The van der Waals surface area contributed by atoms with Gasteiger partial charge in [-0.3, -0.25) is 0 Å². The molecule has 2 heterocycles. The number of nitrogens with one attached hydrogen (secondary N) is 1. The van der Waals surface area contributed by atoms with E-state index in [1.54, 1.807) is 0 Å². The number of rotatable bonds is 2. The molecule has 0 spiro atoms. The van der Waals surface area contributed by atoms with Gasteiger partial charge in [0.15, 0.2) is 6.29 Å². The third-order valence-corrected chi connectivity index (χ3v) is 3.55. The highest BCUT2D eigenvalue weighted by Gasteiger charge is 2.51. The summed E-state index contributed by atoms with van der Waals surface area (Å²) in [5, 5.41) is 41.5. The van der Waals surface area contributed by atoms with E-state index in [1.807, 2.05) is 0 Å². The van der Waals surface area contributed by atoms with Crippen LogP contribution in [0, 0.1) is 5.92 Å². The molecule has 17 heavy (non-hydrogen) atoms. The quantitative estimate of drug-likeness (QED) is 0.355. The second-order valence-electron chi connectivity index (χ2n) is 4.52. The number of aliphatic hydroxyl groups is 4. The zero-order valence-corrected chi connectivity index (χ0v) is 9.56. The summed E-state index contributed by atoms with van der Waals surface area (Å²) >= 11 is 0. The molecule has 0 aromatic heterocycles. The lowest BCUT2D eigenvalue weighted by molar-refractivity contribution is -0.283. The van der Waals surface area contributed by atoms with Gasteiger partial charge in [0, 0.05) is 19.7 Å². The molecule has 0 aromatic carbocycles. The molecule has 0 unspecified atom stereocenters. The summed E-state index contributed by atoms with van der Waals surface area (Å²) in [6.07, 6.45) is -4.41. The van der Waals surface area contributed by atoms with Gasteiger partial charge >= 0.3 is 0 Å². The molecule has 0 radical (unpaired) electrons. The molecule has 0 aliphatic carbocycles. The largest absolute Gasteiger partial charge is 0.394 e. The monoisotopic (exact) mass is 249 g/mol. The van der Waals surface area contributed by atoms with Crippen molar-refractivity contribution in [3.63, 3.8) is 0 Å². The third-order valence-electron chi connectivity index (χ3n) is 3.55.